The number of carbonyl (C=O) groups is 1. The fourth-order valence-corrected chi connectivity index (χ4v) is 1.55. The molecule has 0 radical (unpaired) electrons. The molecule has 2 heterocycles. The molecule has 0 aliphatic rings. The van der Waals surface area contributed by atoms with Crippen LogP contribution in [0.25, 0.3) is 11.5 Å². The van der Waals surface area contributed by atoms with Crippen LogP contribution >= 0.6 is 15.9 Å². The van der Waals surface area contributed by atoms with E-state index in [9.17, 15) is 9.59 Å². The van der Waals surface area contributed by atoms with Gasteiger partial charge in [-0.2, -0.15) is 0 Å². The Kier molecular flexibility index (Phi) is 2.66. The lowest BCUT2D eigenvalue weighted by molar-refractivity contribution is 0.0695. The molecule has 82 valence electrons. The Morgan fingerprint density at radius 2 is 2.06 bits per heavy atom. The molecule has 0 bridgehead atoms. The maximum absolute atomic E-state index is 11.4. The minimum Gasteiger partial charge on any atom is -0.477 e. The van der Waals surface area contributed by atoms with E-state index in [1.807, 2.05) is 0 Å². The van der Waals surface area contributed by atoms with Crippen LogP contribution in [0.5, 0.6) is 0 Å². The number of carboxylic acids is 1. The number of hydrogen-bond donors (Lipinski definition) is 2. The molecule has 2 rings (SSSR count). The molecule has 2 aromatic heterocycles. The molecule has 16 heavy (non-hydrogen) atoms. The number of hydrogen-bond acceptors (Lipinski definition) is 3. The molecular weight excluding hydrogens is 278 g/mol. The molecule has 0 aliphatic heterocycles. The highest BCUT2D eigenvalue weighted by atomic mass is 79.9. The molecule has 2 N–H and O–H groups in total. The van der Waals surface area contributed by atoms with Crippen molar-refractivity contribution in [2.45, 2.75) is 0 Å². The minimum atomic E-state index is -1.26. The van der Waals surface area contributed by atoms with Gasteiger partial charge >= 0.3 is 5.97 Å². The van der Waals surface area contributed by atoms with E-state index in [1.54, 1.807) is 12.1 Å². The second-order valence-electron chi connectivity index (χ2n) is 3.02. The van der Waals surface area contributed by atoms with Crippen LogP contribution < -0.4 is 5.56 Å². The normalized spacial score (nSPS) is 10.3. The van der Waals surface area contributed by atoms with E-state index >= 15 is 0 Å². The summed E-state index contributed by atoms with van der Waals surface area (Å²) in [4.78, 5) is 24.4. The highest BCUT2D eigenvalue weighted by Crippen LogP contribution is 2.22. The molecule has 0 saturated carbocycles. The van der Waals surface area contributed by atoms with Crippen LogP contribution in [0.4, 0.5) is 0 Å². The Morgan fingerprint density at radius 3 is 2.56 bits per heavy atom. The Hall–Kier alpha value is -1.82. The summed E-state index contributed by atoms with van der Waals surface area (Å²) >= 11 is 3.13. The van der Waals surface area contributed by atoms with Gasteiger partial charge in [-0.25, -0.2) is 4.79 Å². The second-order valence-corrected chi connectivity index (χ2v) is 3.81. The number of nitrogens with one attached hydrogen (secondary N) is 1. The van der Waals surface area contributed by atoms with Gasteiger partial charge in [-0.1, -0.05) is 0 Å². The fraction of sp³-hybridized carbons (Fsp3) is 0. The third kappa shape index (κ3) is 1.92. The summed E-state index contributed by atoms with van der Waals surface area (Å²) in [5, 5.41) is 8.68. The highest BCUT2D eigenvalue weighted by molar-refractivity contribution is 9.10. The van der Waals surface area contributed by atoms with E-state index in [1.165, 1.54) is 12.1 Å². The van der Waals surface area contributed by atoms with Gasteiger partial charge in [-0.3, -0.25) is 4.79 Å². The molecule has 0 amide bonds. The van der Waals surface area contributed by atoms with Gasteiger partial charge < -0.3 is 14.5 Å². The van der Waals surface area contributed by atoms with Crippen molar-refractivity contribution >= 4 is 21.9 Å². The number of carboxylic acid groups (broad SMARTS) is 1. The van der Waals surface area contributed by atoms with E-state index in [-0.39, 0.29) is 5.56 Å². The smallest absolute Gasteiger partial charge is 0.341 e. The summed E-state index contributed by atoms with van der Waals surface area (Å²) in [6.45, 7) is 0. The van der Waals surface area contributed by atoms with Gasteiger partial charge in [0.05, 0.1) is 5.69 Å². The molecule has 0 spiro atoms. The van der Waals surface area contributed by atoms with E-state index < -0.39 is 11.5 Å². The van der Waals surface area contributed by atoms with Crippen molar-refractivity contribution in [3.05, 3.63) is 44.9 Å². The zero-order valence-electron chi connectivity index (χ0n) is 7.86. The SMILES string of the molecule is O=C(O)c1ccc(-c2ccc(Br)o2)[nH]c1=O. The lowest BCUT2D eigenvalue weighted by Gasteiger charge is -1.97. The topological polar surface area (TPSA) is 83.3 Å². The van der Waals surface area contributed by atoms with Gasteiger partial charge in [0.2, 0.25) is 0 Å². The van der Waals surface area contributed by atoms with Crippen LogP contribution in [0, 0.1) is 0 Å². The molecule has 0 saturated heterocycles. The van der Waals surface area contributed by atoms with E-state index in [4.69, 9.17) is 9.52 Å². The predicted octanol–water partition coefficient (Wildman–Crippen LogP) is 2.10. The average molecular weight is 284 g/mol. The summed E-state index contributed by atoms with van der Waals surface area (Å²) in [7, 11) is 0. The van der Waals surface area contributed by atoms with E-state index in [0.29, 0.717) is 16.1 Å². The van der Waals surface area contributed by atoms with Crippen molar-refractivity contribution in [1.29, 1.82) is 0 Å². The number of aromatic carboxylic acids is 1. The van der Waals surface area contributed by atoms with Crippen molar-refractivity contribution in [3.63, 3.8) is 0 Å². The van der Waals surface area contributed by atoms with Gasteiger partial charge in [-0.15, -0.1) is 0 Å². The van der Waals surface area contributed by atoms with Crippen molar-refractivity contribution in [1.82, 2.24) is 4.98 Å². The first-order valence-corrected chi connectivity index (χ1v) is 5.09. The van der Waals surface area contributed by atoms with Crippen molar-refractivity contribution in [2.75, 3.05) is 0 Å². The first kappa shape index (κ1) is 10.7. The maximum Gasteiger partial charge on any atom is 0.341 e. The summed E-state index contributed by atoms with van der Waals surface area (Å²) in [6, 6.07) is 6.07. The van der Waals surface area contributed by atoms with Gasteiger partial charge in [0, 0.05) is 0 Å². The Balaban J connectivity index is 2.50. The van der Waals surface area contributed by atoms with Gasteiger partial charge in [0.1, 0.15) is 5.56 Å². The number of halogens is 1. The zero-order valence-corrected chi connectivity index (χ0v) is 9.45. The number of aromatic amines is 1. The van der Waals surface area contributed by atoms with Crippen LogP contribution in [-0.4, -0.2) is 16.1 Å². The summed E-state index contributed by atoms with van der Waals surface area (Å²) < 4.78 is 5.76. The molecule has 0 aromatic carbocycles. The molecule has 6 heteroatoms. The van der Waals surface area contributed by atoms with Crippen LogP contribution in [0.1, 0.15) is 10.4 Å². The second kappa shape index (κ2) is 3.97. The first-order chi connectivity index (χ1) is 7.58. The zero-order chi connectivity index (χ0) is 11.7. The van der Waals surface area contributed by atoms with Crippen molar-refractivity contribution < 1.29 is 14.3 Å². The standard InChI is InChI=1S/C10H6BrNO4/c11-8-4-3-7(16-8)6-2-1-5(10(14)15)9(13)12-6/h1-4H,(H,12,13)(H,14,15). The monoisotopic (exact) mass is 283 g/mol. The maximum atomic E-state index is 11.4. The lowest BCUT2D eigenvalue weighted by Crippen LogP contribution is -2.17. The lowest BCUT2D eigenvalue weighted by atomic mass is 10.2. The number of H-pyrrole nitrogens is 1. The third-order valence-corrected chi connectivity index (χ3v) is 2.40. The van der Waals surface area contributed by atoms with Crippen LogP contribution in [0.15, 0.2) is 38.1 Å². The number of rotatable bonds is 2. The van der Waals surface area contributed by atoms with Crippen LogP contribution in [0.2, 0.25) is 0 Å². The molecule has 0 fully saturated rings. The largest absolute Gasteiger partial charge is 0.477 e. The summed E-state index contributed by atoms with van der Waals surface area (Å²) in [6.07, 6.45) is 0. The Morgan fingerprint density at radius 1 is 1.31 bits per heavy atom. The Bertz CT molecular complexity index is 599. The molecule has 0 unspecified atom stereocenters. The summed E-state index contributed by atoms with van der Waals surface area (Å²) in [5.74, 6) is -0.797. The van der Waals surface area contributed by atoms with Gasteiger partial charge in [0.15, 0.2) is 10.4 Å². The number of pyridine rings is 1. The molecule has 0 aliphatic carbocycles. The van der Waals surface area contributed by atoms with Crippen LogP contribution in [-0.2, 0) is 0 Å². The highest BCUT2D eigenvalue weighted by Gasteiger charge is 2.10. The summed E-state index contributed by atoms with van der Waals surface area (Å²) in [5.41, 5.74) is -0.521. The van der Waals surface area contributed by atoms with Gasteiger partial charge in [0.25, 0.3) is 5.56 Å². The predicted molar refractivity (Wildman–Crippen MR) is 59.4 cm³/mol. The van der Waals surface area contributed by atoms with Crippen LogP contribution in [0.3, 0.4) is 0 Å². The molecule has 0 atom stereocenters. The van der Waals surface area contributed by atoms with Crippen molar-refractivity contribution in [2.24, 2.45) is 0 Å². The minimum absolute atomic E-state index is 0.297. The number of furan rings is 1. The fourth-order valence-electron chi connectivity index (χ4n) is 1.24. The third-order valence-electron chi connectivity index (χ3n) is 1.98. The average Bonchev–Trinajstić information content (AvgIpc) is 2.64. The Labute approximate surface area is 97.9 Å². The van der Waals surface area contributed by atoms with Gasteiger partial charge in [-0.05, 0) is 40.2 Å². The molecular formula is C10H6BrNO4. The molecule has 5 nitrogen and oxygen atoms in total. The first-order valence-electron chi connectivity index (χ1n) is 4.30. The number of aromatic nitrogens is 1. The van der Waals surface area contributed by atoms with E-state index in [2.05, 4.69) is 20.9 Å². The quantitative estimate of drug-likeness (QED) is 0.884. The van der Waals surface area contributed by atoms with E-state index in [0.717, 1.165) is 0 Å². The van der Waals surface area contributed by atoms with Crippen molar-refractivity contribution in [3.8, 4) is 11.5 Å². The molecule has 2 aromatic rings.